The highest BCUT2D eigenvalue weighted by Gasteiger charge is 2.18. The van der Waals surface area contributed by atoms with E-state index in [-0.39, 0.29) is 4.90 Å². The second kappa shape index (κ2) is 8.27. The van der Waals surface area contributed by atoms with Gasteiger partial charge in [-0.3, -0.25) is 4.72 Å². The molecule has 0 fully saturated rings. The topological polar surface area (TPSA) is 72.5 Å². The first-order valence-corrected chi connectivity index (χ1v) is 10.7. The number of hydrogen-bond acceptors (Lipinski definition) is 4. The molecule has 1 N–H and O–H groups in total. The Labute approximate surface area is 175 Å². The first-order chi connectivity index (χ1) is 13.7. The van der Waals surface area contributed by atoms with Crippen molar-refractivity contribution >= 4 is 33.3 Å². The highest BCUT2D eigenvalue weighted by atomic mass is 35.5. The Kier molecular flexibility index (Phi) is 5.96. The number of benzene rings is 3. The molecule has 3 aromatic rings. The van der Waals surface area contributed by atoms with E-state index >= 15 is 0 Å². The summed E-state index contributed by atoms with van der Waals surface area (Å²) in [6.45, 7) is 3.47. The van der Waals surface area contributed by atoms with Crippen LogP contribution in [0, 0.1) is 13.8 Å². The number of ether oxygens (including phenoxy) is 1. The second-order valence-electron chi connectivity index (χ2n) is 6.62. The minimum Gasteiger partial charge on any atom is -0.465 e. The van der Waals surface area contributed by atoms with Crippen molar-refractivity contribution in [3.05, 3.63) is 82.4 Å². The number of nitrogens with one attached hydrogen (secondary N) is 1. The standard InChI is InChI=1S/C22H20ClNO4S/c1-14-12-21(15(2)11-20(14)23)29(26,27)24-19-6-4-5-18(13-19)16-7-9-17(10-8-16)22(25)28-3/h4-13,24H,1-3H3. The summed E-state index contributed by atoms with van der Waals surface area (Å²) in [7, 11) is -2.44. The lowest BCUT2D eigenvalue weighted by molar-refractivity contribution is 0.0600. The summed E-state index contributed by atoms with van der Waals surface area (Å²) in [4.78, 5) is 11.8. The van der Waals surface area contributed by atoms with Crippen molar-refractivity contribution < 1.29 is 17.9 Å². The molecule has 29 heavy (non-hydrogen) atoms. The van der Waals surface area contributed by atoms with Gasteiger partial charge in [0.25, 0.3) is 10.0 Å². The van der Waals surface area contributed by atoms with Gasteiger partial charge in [-0.25, -0.2) is 13.2 Å². The van der Waals surface area contributed by atoms with E-state index in [9.17, 15) is 13.2 Å². The summed E-state index contributed by atoms with van der Waals surface area (Å²) in [5.74, 6) is -0.410. The monoisotopic (exact) mass is 429 g/mol. The zero-order valence-electron chi connectivity index (χ0n) is 16.2. The fourth-order valence-corrected chi connectivity index (χ4v) is 4.51. The maximum absolute atomic E-state index is 12.9. The summed E-state index contributed by atoms with van der Waals surface area (Å²) in [6, 6.07) is 17.2. The minimum atomic E-state index is -3.77. The summed E-state index contributed by atoms with van der Waals surface area (Å²) in [5.41, 5.74) is 3.80. The summed E-state index contributed by atoms with van der Waals surface area (Å²) in [6.07, 6.45) is 0. The van der Waals surface area contributed by atoms with Crippen LogP contribution in [0.25, 0.3) is 11.1 Å². The number of rotatable bonds is 5. The zero-order chi connectivity index (χ0) is 21.2. The molecule has 3 aromatic carbocycles. The van der Waals surface area contributed by atoms with E-state index in [2.05, 4.69) is 4.72 Å². The van der Waals surface area contributed by atoms with Crippen LogP contribution in [0.15, 0.2) is 65.6 Å². The predicted octanol–water partition coefficient (Wildman–Crippen LogP) is 5.21. The third-order valence-electron chi connectivity index (χ3n) is 4.50. The molecule has 0 saturated heterocycles. The number of anilines is 1. The molecular weight excluding hydrogens is 410 g/mol. The van der Waals surface area contributed by atoms with Crippen LogP contribution in [0.1, 0.15) is 21.5 Å². The van der Waals surface area contributed by atoms with Crippen molar-refractivity contribution in [1.82, 2.24) is 0 Å². The molecule has 0 atom stereocenters. The number of hydrogen-bond donors (Lipinski definition) is 1. The van der Waals surface area contributed by atoms with Crippen molar-refractivity contribution in [1.29, 1.82) is 0 Å². The Hall–Kier alpha value is -2.83. The number of carbonyl (C=O) groups excluding carboxylic acids is 1. The zero-order valence-corrected chi connectivity index (χ0v) is 17.8. The average molecular weight is 430 g/mol. The number of sulfonamides is 1. The molecule has 0 radical (unpaired) electrons. The van der Waals surface area contributed by atoms with E-state index < -0.39 is 16.0 Å². The van der Waals surface area contributed by atoms with Crippen LogP contribution in [0.4, 0.5) is 5.69 Å². The molecule has 0 heterocycles. The van der Waals surface area contributed by atoms with Crippen molar-refractivity contribution in [3.8, 4) is 11.1 Å². The Bertz CT molecular complexity index is 1170. The SMILES string of the molecule is COC(=O)c1ccc(-c2cccc(NS(=O)(=O)c3cc(C)c(Cl)cc3C)c2)cc1. The van der Waals surface area contributed by atoms with Gasteiger partial charge in [-0.1, -0.05) is 35.9 Å². The molecule has 0 aliphatic rings. The molecular formula is C22H20ClNO4S. The van der Waals surface area contributed by atoms with E-state index in [0.29, 0.717) is 27.4 Å². The molecule has 3 rings (SSSR count). The van der Waals surface area contributed by atoms with Crippen LogP contribution < -0.4 is 4.72 Å². The molecule has 0 aliphatic carbocycles. The van der Waals surface area contributed by atoms with Crippen molar-refractivity contribution in [2.75, 3.05) is 11.8 Å². The van der Waals surface area contributed by atoms with Gasteiger partial charge in [0.2, 0.25) is 0 Å². The third-order valence-corrected chi connectivity index (χ3v) is 6.43. The van der Waals surface area contributed by atoms with E-state index in [0.717, 1.165) is 11.1 Å². The van der Waals surface area contributed by atoms with E-state index in [4.69, 9.17) is 16.3 Å². The summed E-state index contributed by atoms with van der Waals surface area (Å²) >= 11 is 6.08. The molecule has 0 spiro atoms. The van der Waals surface area contributed by atoms with Crippen LogP contribution in [-0.2, 0) is 14.8 Å². The Morgan fingerprint density at radius 1 is 0.931 bits per heavy atom. The van der Waals surface area contributed by atoms with Gasteiger partial charge in [-0.05, 0) is 72.5 Å². The third kappa shape index (κ3) is 4.60. The molecule has 7 heteroatoms. The lowest BCUT2D eigenvalue weighted by Crippen LogP contribution is -2.14. The molecule has 5 nitrogen and oxygen atoms in total. The second-order valence-corrected chi connectivity index (χ2v) is 8.68. The summed E-state index contributed by atoms with van der Waals surface area (Å²) < 4.78 is 33.1. The van der Waals surface area contributed by atoms with Crippen molar-refractivity contribution in [2.45, 2.75) is 18.7 Å². The smallest absolute Gasteiger partial charge is 0.337 e. The molecule has 0 bridgehead atoms. The molecule has 0 aromatic heterocycles. The van der Waals surface area contributed by atoms with Crippen LogP contribution in [0.2, 0.25) is 5.02 Å². The normalized spacial score (nSPS) is 11.2. The highest BCUT2D eigenvalue weighted by Crippen LogP contribution is 2.28. The molecule has 0 amide bonds. The van der Waals surface area contributed by atoms with Crippen LogP contribution >= 0.6 is 11.6 Å². The van der Waals surface area contributed by atoms with Gasteiger partial charge in [0.1, 0.15) is 0 Å². The Morgan fingerprint density at radius 3 is 2.28 bits per heavy atom. The van der Waals surface area contributed by atoms with E-state index in [1.807, 2.05) is 6.07 Å². The number of halogens is 1. The first-order valence-electron chi connectivity index (χ1n) is 8.79. The molecule has 150 valence electrons. The van der Waals surface area contributed by atoms with Gasteiger partial charge in [-0.2, -0.15) is 0 Å². The number of aryl methyl sites for hydroxylation is 2. The first kappa shape index (κ1) is 20.9. The van der Waals surface area contributed by atoms with Gasteiger partial charge >= 0.3 is 5.97 Å². The molecule has 0 unspecified atom stereocenters. The maximum atomic E-state index is 12.9. The fourth-order valence-electron chi connectivity index (χ4n) is 2.93. The van der Waals surface area contributed by atoms with Gasteiger partial charge < -0.3 is 4.74 Å². The predicted molar refractivity (Wildman–Crippen MR) is 115 cm³/mol. The van der Waals surface area contributed by atoms with Crippen molar-refractivity contribution in [3.63, 3.8) is 0 Å². The minimum absolute atomic E-state index is 0.187. The number of carbonyl (C=O) groups is 1. The van der Waals surface area contributed by atoms with Crippen molar-refractivity contribution in [2.24, 2.45) is 0 Å². The lowest BCUT2D eigenvalue weighted by atomic mass is 10.0. The Balaban J connectivity index is 1.90. The average Bonchev–Trinajstić information content (AvgIpc) is 2.70. The van der Waals surface area contributed by atoms with E-state index in [1.165, 1.54) is 7.11 Å². The van der Waals surface area contributed by atoms with Gasteiger partial charge in [0.15, 0.2) is 0 Å². The van der Waals surface area contributed by atoms with Gasteiger partial charge in [0, 0.05) is 10.7 Å². The maximum Gasteiger partial charge on any atom is 0.337 e. The molecule has 0 saturated carbocycles. The number of esters is 1. The van der Waals surface area contributed by atoms with Crippen LogP contribution in [0.3, 0.4) is 0 Å². The van der Waals surface area contributed by atoms with Crippen LogP contribution in [-0.4, -0.2) is 21.5 Å². The quantitative estimate of drug-likeness (QED) is 0.565. The van der Waals surface area contributed by atoms with Gasteiger partial charge in [-0.15, -0.1) is 0 Å². The number of methoxy groups -OCH3 is 1. The van der Waals surface area contributed by atoms with Crippen LogP contribution in [0.5, 0.6) is 0 Å². The Morgan fingerprint density at radius 2 is 1.62 bits per heavy atom. The molecule has 0 aliphatic heterocycles. The largest absolute Gasteiger partial charge is 0.465 e. The van der Waals surface area contributed by atoms with E-state index in [1.54, 1.807) is 68.4 Å². The fraction of sp³-hybridized carbons (Fsp3) is 0.136. The van der Waals surface area contributed by atoms with Gasteiger partial charge in [0.05, 0.1) is 17.6 Å². The summed E-state index contributed by atoms with van der Waals surface area (Å²) in [5, 5.41) is 0.527. The highest BCUT2D eigenvalue weighted by molar-refractivity contribution is 7.92. The lowest BCUT2D eigenvalue weighted by Gasteiger charge is -2.13.